The van der Waals surface area contributed by atoms with Crippen LogP contribution in [-0.4, -0.2) is 34.7 Å². The fourth-order valence-electron chi connectivity index (χ4n) is 1.52. The smallest absolute Gasteiger partial charge is 0.339 e. The number of nitrogens with zero attached hydrogens (tertiary/aromatic N) is 3. The molecular weight excluding hydrogens is 305 g/mol. The van der Waals surface area contributed by atoms with Gasteiger partial charge in [0.2, 0.25) is 0 Å². The Labute approximate surface area is 125 Å². The Morgan fingerprint density at radius 2 is 2.00 bits per heavy atom. The molecule has 0 aliphatic carbocycles. The summed E-state index contributed by atoms with van der Waals surface area (Å²) in [6.45, 7) is 0.695. The standard InChI is InChI=1S/C12H11Cl2N3O3/c1-19-12(18)8-2-3-9(13)11(10(8)14)20-7-6-17-15-4-5-16-17/h2-5H,6-7H2,1H3. The van der Waals surface area contributed by atoms with Gasteiger partial charge < -0.3 is 9.47 Å². The zero-order valence-corrected chi connectivity index (χ0v) is 12.1. The summed E-state index contributed by atoms with van der Waals surface area (Å²) in [4.78, 5) is 13.0. The summed E-state index contributed by atoms with van der Waals surface area (Å²) in [6.07, 6.45) is 3.13. The number of carbonyl (C=O) groups excluding carboxylic acids is 1. The summed E-state index contributed by atoms with van der Waals surface area (Å²) in [7, 11) is 1.27. The van der Waals surface area contributed by atoms with Crippen molar-refractivity contribution in [2.75, 3.05) is 13.7 Å². The number of hydrogen-bond donors (Lipinski definition) is 0. The van der Waals surface area contributed by atoms with Crippen LogP contribution >= 0.6 is 23.2 Å². The van der Waals surface area contributed by atoms with Gasteiger partial charge in [0.25, 0.3) is 0 Å². The van der Waals surface area contributed by atoms with Crippen LogP contribution in [0.3, 0.4) is 0 Å². The molecule has 1 heterocycles. The Kier molecular flexibility index (Phi) is 4.81. The van der Waals surface area contributed by atoms with Crippen molar-refractivity contribution in [1.82, 2.24) is 15.0 Å². The Morgan fingerprint density at radius 3 is 2.65 bits per heavy atom. The molecule has 2 rings (SSSR count). The monoisotopic (exact) mass is 315 g/mol. The van der Waals surface area contributed by atoms with Crippen molar-refractivity contribution >= 4 is 29.2 Å². The van der Waals surface area contributed by atoms with Crippen LogP contribution in [-0.2, 0) is 11.3 Å². The lowest BCUT2D eigenvalue weighted by molar-refractivity contribution is 0.0600. The molecular formula is C12H11Cl2N3O3. The number of methoxy groups -OCH3 is 1. The third-order valence-corrected chi connectivity index (χ3v) is 3.13. The van der Waals surface area contributed by atoms with Gasteiger partial charge in [0.15, 0.2) is 5.75 Å². The van der Waals surface area contributed by atoms with E-state index < -0.39 is 5.97 Å². The van der Waals surface area contributed by atoms with E-state index in [0.29, 0.717) is 11.6 Å². The van der Waals surface area contributed by atoms with Gasteiger partial charge >= 0.3 is 5.97 Å². The fraction of sp³-hybridized carbons (Fsp3) is 0.250. The summed E-state index contributed by atoms with van der Waals surface area (Å²) < 4.78 is 10.1. The molecule has 0 fully saturated rings. The number of ether oxygens (including phenoxy) is 2. The first-order chi connectivity index (χ1) is 9.63. The minimum Gasteiger partial charge on any atom is -0.488 e. The topological polar surface area (TPSA) is 66.2 Å². The van der Waals surface area contributed by atoms with Gasteiger partial charge in [-0.05, 0) is 12.1 Å². The summed E-state index contributed by atoms with van der Waals surface area (Å²) in [5, 5.41) is 8.31. The van der Waals surface area contributed by atoms with Gasteiger partial charge in [-0.3, -0.25) is 0 Å². The molecule has 1 aromatic heterocycles. The molecule has 0 saturated carbocycles. The fourth-order valence-corrected chi connectivity index (χ4v) is 2.08. The van der Waals surface area contributed by atoms with Crippen molar-refractivity contribution in [1.29, 1.82) is 0 Å². The molecule has 8 heteroatoms. The number of rotatable bonds is 5. The van der Waals surface area contributed by atoms with E-state index >= 15 is 0 Å². The first kappa shape index (κ1) is 14.6. The van der Waals surface area contributed by atoms with Crippen molar-refractivity contribution < 1.29 is 14.3 Å². The average Bonchev–Trinajstić information content (AvgIpc) is 2.95. The van der Waals surface area contributed by atoms with Crippen LogP contribution in [0.5, 0.6) is 5.75 Å². The summed E-state index contributed by atoms with van der Waals surface area (Å²) in [6, 6.07) is 3.01. The van der Waals surface area contributed by atoms with Gasteiger partial charge in [-0.25, -0.2) is 4.79 Å². The molecule has 0 N–H and O–H groups in total. The van der Waals surface area contributed by atoms with Crippen LogP contribution in [0.15, 0.2) is 24.5 Å². The second kappa shape index (κ2) is 6.58. The molecule has 0 aliphatic heterocycles. The van der Waals surface area contributed by atoms with E-state index in [0.717, 1.165) is 0 Å². The van der Waals surface area contributed by atoms with Gasteiger partial charge in [-0.2, -0.15) is 15.0 Å². The molecule has 6 nitrogen and oxygen atoms in total. The third kappa shape index (κ3) is 3.20. The Morgan fingerprint density at radius 1 is 1.30 bits per heavy atom. The maximum absolute atomic E-state index is 11.5. The van der Waals surface area contributed by atoms with E-state index in [9.17, 15) is 4.79 Å². The van der Waals surface area contributed by atoms with Crippen molar-refractivity contribution in [2.24, 2.45) is 0 Å². The Balaban J connectivity index is 2.12. The van der Waals surface area contributed by atoms with E-state index in [-0.39, 0.29) is 22.9 Å². The van der Waals surface area contributed by atoms with E-state index in [2.05, 4.69) is 14.9 Å². The van der Waals surface area contributed by atoms with Gasteiger partial charge in [-0.15, -0.1) is 0 Å². The number of aromatic nitrogens is 3. The van der Waals surface area contributed by atoms with Crippen LogP contribution in [0.25, 0.3) is 0 Å². The minimum absolute atomic E-state index is 0.123. The van der Waals surface area contributed by atoms with Crippen molar-refractivity contribution in [3.8, 4) is 5.75 Å². The minimum atomic E-state index is -0.551. The van der Waals surface area contributed by atoms with Crippen molar-refractivity contribution in [3.05, 3.63) is 40.1 Å². The molecule has 20 heavy (non-hydrogen) atoms. The molecule has 106 valence electrons. The lowest BCUT2D eigenvalue weighted by atomic mass is 10.2. The van der Waals surface area contributed by atoms with Gasteiger partial charge in [0, 0.05) is 0 Å². The highest BCUT2D eigenvalue weighted by Gasteiger charge is 2.17. The summed E-state index contributed by atoms with van der Waals surface area (Å²) in [5.74, 6) is -0.311. The van der Waals surface area contributed by atoms with E-state index in [4.69, 9.17) is 27.9 Å². The largest absolute Gasteiger partial charge is 0.488 e. The quantitative estimate of drug-likeness (QED) is 0.793. The predicted molar refractivity (Wildman–Crippen MR) is 73.3 cm³/mol. The Hall–Kier alpha value is -1.79. The SMILES string of the molecule is COC(=O)c1ccc(Cl)c(OCCn2nccn2)c1Cl. The van der Waals surface area contributed by atoms with Crippen LogP contribution < -0.4 is 4.74 Å². The Bertz CT molecular complexity index is 602. The molecule has 0 aliphatic rings. The maximum atomic E-state index is 11.5. The number of carbonyl (C=O) groups is 1. The first-order valence-electron chi connectivity index (χ1n) is 5.66. The summed E-state index contributed by atoms with van der Waals surface area (Å²) in [5.41, 5.74) is 0.200. The lowest BCUT2D eigenvalue weighted by Gasteiger charge is -2.12. The van der Waals surface area contributed by atoms with E-state index in [1.54, 1.807) is 12.4 Å². The normalized spacial score (nSPS) is 10.3. The zero-order chi connectivity index (χ0) is 14.5. The molecule has 0 bridgehead atoms. The number of benzene rings is 1. The van der Waals surface area contributed by atoms with E-state index in [1.165, 1.54) is 24.0 Å². The molecule has 0 spiro atoms. The molecule has 2 aromatic rings. The maximum Gasteiger partial charge on any atom is 0.339 e. The predicted octanol–water partition coefficient (Wildman–Crippen LogP) is 2.45. The molecule has 1 aromatic carbocycles. The van der Waals surface area contributed by atoms with Crippen LogP contribution in [0.4, 0.5) is 0 Å². The van der Waals surface area contributed by atoms with Crippen molar-refractivity contribution in [2.45, 2.75) is 6.54 Å². The summed E-state index contributed by atoms with van der Waals surface area (Å²) >= 11 is 12.1. The highest BCUT2D eigenvalue weighted by Crippen LogP contribution is 2.35. The van der Waals surface area contributed by atoms with Gasteiger partial charge in [0.1, 0.15) is 6.61 Å². The highest BCUT2D eigenvalue weighted by atomic mass is 35.5. The van der Waals surface area contributed by atoms with Gasteiger partial charge in [0.05, 0.1) is 41.7 Å². The zero-order valence-electron chi connectivity index (χ0n) is 10.5. The second-order valence-electron chi connectivity index (χ2n) is 3.70. The molecule has 0 radical (unpaired) electrons. The number of esters is 1. The molecule has 0 amide bonds. The molecule has 0 saturated heterocycles. The van der Waals surface area contributed by atoms with Crippen molar-refractivity contribution in [3.63, 3.8) is 0 Å². The first-order valence-corrected chi connectivity index (χ1v) is 6.42. The van der Waals surface area contributed by atoms with Crippen LogP contribution in [0, 0.1) is 0 Å². The van der Waals surface area contributed by atoms with Gasteiger partial charge in [-0.1, -0.05) is 23.2 Å². The number of hydrogen-bond acceptors (Lipinski definition) is 5. The number of halogens is 2. The van der Waals surface area contributed by atoms with Crippen LogP contribution in [0.2, 0.25) is 10.0 Å². The molecule has 0 atom stereocenters. The van der Waals surface area contributed by atoms with E-state index in [1.807, 2.05) is 0 Å². The molecule has 0 unspecified atom stereocenters. The lowest BCUT2D eigenvalue weighted by Crippen LogP contribution is -2.12. The van der Waals surface area contributed by atoms with Crippen LogP contribution in [0.1, 0.15) is 10.4 Å². The highest BCUT2D eigenvalue weighted by molar-refractivity contribution is 6.39. The average molecular weight is 316 g/mol. The third-order valence-electron chi connectivity index (χ3n) is 2.46. The second-order valence-corrected chi connectivity index (χ2v) is 4.49.